The first-order valence-corrected chi connectivity index (χ1v) is 37.6. The zero-order valence-corrected chi connectivity index (χ0v) is 61.5. The molecule has 0 unspecified atom stereocenters. The number of hydrogen-bond donors (Lipinski definition) is 0. The molecule has 0 amide bonds. The molecule has 118 heavy (non-hydrogen) atoms. The molecule has 0 saturated heterocycles. The van der Waals surface area contributed by atoms with Gasteiger partial charge in [-0.05, 0) is 318 Å². The second kappa shape index (κ2) is 27.1. The zero-order valence-electron chi connectivity index (χ0n) is 61.5. The van der Waals surface area contributed by atoms with Crippen LogP contribution in [-0.2, 0) is 0 Å². The minimum Gasteiger partial charge on any atom is -0.309 e. The van der Waals surface area contributed by atoms with Crippen LogP contribution in [0.25, 0.3) is 202 Å². The molecule has 0 N–H and O–H groups in total. The Balaban J connectivity index is 0.000000147. The number of nitriles is 1. The number of rotatable bonds is 8. The molecular weight excluding hydrogens is 1500 g/mol. The van der Waals surface area contributed by atoms with Gasteiger partial charge in [-0.1, -0.05) is 84.9 Å². The van der Waals surface area contributed by atoms with Gasteiger partial charge in [-0.25, -0.2) is 48.7 Å². The predicted octanol–water partition coefficient (Wildman–Crippen LogP) is 28.9. The molecule has 0 aliphatic rings. The van der Waals surface area contributed by atoms with E-state index in [9.17, 15) is 49.2 Å². The van der Waals surface area contributed by atoms with Crippen LogP contribution in [0.5, 0.6) is 0 Å². The molecule has 0 fully saturated rings. The Hall–Kier alpha value is -15.5. The molecular formula is C102H52F10N6. The summed E-state index contributed by atoms with van der Waals surface area (Å²) in [7, 11) is 0. The van der Waals surface area contributed by atoms with Gasteiger partial charge in [0.15, 0.2) is 5.69 Å². The molecule has 0 spiro atoms. The standard InChI is InChI=1S/C52H26F4N4.C50H26F6N2/c1-58-36-12-6-31(7-13-36)52-40-17-15-37(59-47-18-8-32(53)22-41(47)42-23-33(54)9-19-48(42)59)26-45(40)51(30-4-2-29(28-57)3-5-30)39-16-14-38(27-46(39)52)60-49-20-10-34(55)24-43(49)44-25-35(56)11-21-50(44)60;51-29-5-1-27(2-6-29)49-37-15-13-36(58-47-19-11-33(55)23-41(47)42-24-34(56)12-20-48(42)58)26-44(37)50(28-3-7-30(52)8-4-28)38-16-14-35(25-43(38)49)57-45-17-9-31(53)21-39(45)40-22-32(54)10-18-46(40)57/h2-27H;1-26H. The number of hydrogen-bond acceptors (Lipinski definition) is 1. The summed E-state index contributed by atoms with van der Waals surface area (Å²) < 4.78 is 154. The van der Waals surface area contributed by atoms with Crippen molar-refractivity contribution in [3.8, 4) is 73.3 Å². The first-order chi connectivity index (χ1) is 57.5. The van der Waals surface area contributed by atoms with Crippen molar-refractivity contribution in [3.63, 3.8) is 0 Å². The van der Waals surface area contributed by atoms with Gasteiger partial charge in [0, 0.05) is 65.8 Å². The van der Waals surface area contributed by atoms with Gasteiger partial charge in [0.2, 0.25) is 0 Å². The summed E-state index contributed by atoms with van der Waals surface area (Å²) in [5.74, 6) is -4.25. The van der Waals surface area contributed by atoms with Crippen LogP contribution in [0.1, 0.15) is 5.56 Å². The Morgan fingerprint density at radius 1 is 0.203 bits per heavy atom. The third-order valence-electron chi connectivity index (χ3n) is 22.8. The first kappa shape index (κ1) is 70.4. The molecule has 0 saturated carbocycles. The molecule has 0 bridgehead atoms. The van der Waals surface area contributed by atoms with Crippen LogP contribution >= 0.6 is 0 Å². The molecule has 0 radical (unpaired) electrons. The summed E-state index contributed by atoms with van der Waals surface area (Å²) in [6.07, 6.45) is 0. The quantitative estimate of drug-likeness (QED) is 0.0850. The van der Waals surface area contributed by atoms with E-state index >= 15 is 0 Å². The van der Waals surface area contributed by atoms with Crippen LogP contribution in [0.2, 0.25) is 0 Å². The van der Waals surface area contributed by atoms with Gasteiger partial charge in [0.05, 0.1) is 62.3 Å². The molecule has 18 aromatic carbocycles. The average Bonchev–Trinajstić information content (AvgIpc) is 1.19. The van der Waals surface area contributed by atoms with Crippen LogP contribution in [0.15, 0.2) is 315 Å². The lowest BCUT2D eigenvalue weighted by atomic mass is 9.85. The SMILES string of the molecule is Fc1ccc(-c2c3ccc(-n4c5ccc(F)cc5c5cc(F)ccc54)cc3c(-c3ccc(F)cc3)c3ccc(-n4c5ccc(F)cc5c5cc(F)ccc54)cc23)cc1.[C-]#[N+]c1ccc(-c2c3ccc(-n4c5ccc(F)cc5c5cc(F)ccc54)cc3c(-c3ccc(C#N)cc3)c3ccc(-n4c5ccc(F)cc5c5cc(F)ccc54)cc23)cc1. The molecule has 560 valence electrons. The highest BCUT2D eigenvalue weighted by molar-refractivity contribution is 6.25. The van der Waals surface area contributed by atoms with E-state index in [-0.39, 0.29) is 0 Å². The van der Waals surface area contributed by atoms with E-state index < -0.39 is 58.2 Å². The van der Waals surface area contributed by atoms with Crippen LogP contribution < -0.4 is 0 Å². The Morgan fingerprint density at radius 2 is 0.398 bits per heavy atom. The lowest BCUT2D eigenvalue weighted by Crippen LogP contribution is -1.98. The van der Waals surface area contributed by atoms with Crippen molar-refractivity contribution < 1.29 is 43.9 Å². The maximum atomic E-state index is 14.7. The molecule has 16 heteroatoms. The van der Waals surface area contributed by atoms with Gasteiger partial charge in [-0.15, -0.1) is 0 Å². The fraction of sp³-hybridized carbons (Fsp3) is 0. The van der Waals surface area contributed by atoms with E-state index in [0.29, 0.717) is 98.5 Å². The molecule has 0 atom stereocenters. The number of nitrogens with zero attached hydrogens (tertiary/aromatic N) is 6. The fourth-order valence-electron chi connectivity index (χ4n) is 17.8. The Labute approximate surface area is 663 Å². The van der Waals surface area contributed by atoms with Gasteiger partial charge >= 0.3 is 0 Å². The molecule has 4 aromatic heterocycles. The number of benzene rings is 18. The zero-order chi connectivity index (χ0) is 80.2. The minimum absolute atomic E-state index is 0.396. The van der Waals surface area contributed by atoms with E-state index in [2.05, 4.69) is 35.2 Å². The first-order valence-electron chi connectivity index (χ1n) is 37.6. The Morgan fingerprint density at radius 3 is 0.602 bits per heavy atom. The number of halogens is 10. The third kappa shape index (κ3) is 11.3. The molecule has 6 nitrogen and oxygen atoms in total. The maximum absolute atomic E-state index is 14.7. The van der Waals surface area contributed by atoms with E-state index in [4.69, 9.17) is 6.57 Å². The van der Waals surface area contributed by atoms with Crippen molar-refractivity contribution in [3.05, 3.63) is 391 Å². The van der Waals surface area contributed by atoms with Gasteiger partial charge < -0.3 is 18.3 Å². The largest absolute Gasteiger partial charge is 0.309 e. The topological polar surface area (TPSA) is 47.9 Å². The lowest BCUT2D eigenvalue weighted by Gasteiger charge is -2.20. The number of fused-ring (bicyclic) bond motifs is 16. The highest BCUT2D eigenvalue weighted by Gasteiger charge is 2.26. The highest BCUT2D eigenvalue weighted by Crippen LogP contribution is 2.50. The van der Waals surface area contributed by atoms with E-state index in [1.807, 2.05) is 91.1 Å². The summed E-state index contributed by atoms with van der Waals surface area (Å²) in [5.41, 5.74) is 16.1. The smallest absolute Gasteiger partial charge is 0.187 e. The van der Waals surface area contributed by atoms with Gasteiger partial charge in [-0.3, -0.25) is 0 Å². The third-order valence-corrected chi connectivity index (χ3v) is 22.8. The lowest BCUT2D eigenvalue weighted by molar-refractivity contribution is 0.627. The molecule has 0 aliphatic carbocycles. The van der Waals surface area contributed by atoms with Gasteiger partial charge in [-0.2, -0.15) is 5.26 Å². The van der Waals surface area contributed by atoms with Crippen LogP contribution in [0.3, 0.4) is 0 Å². The van der Waals surface area contributed by atoms with Crippen molar-refractivity contribution in [1.82, 2.24) is 18.3 Å². The number of aromatic nitrogens is 4. The fourth-order valence-corrected chi connectivity index (χ4v) is 17.8. The van der Waals surface area contributed by atoms with E-state index in [1.165, 1.54) is 121 Å². The van der Waals surface area contributed by atoms with Crippen LogP contribution in [-0.4, -0.2) is 18.3 Å². The summed E-state index contributed by atoms with van der Waals surface area (Å²) >= 11 is 0. The van der Waals surface area contributed by atoms with Crippen LogP contribution in [0.4, 0.5) is 49.6 Å². The van der Waals surface area contributed by atoms with Crippen molar-refractivity contribution >= 4 is 136 Å². The summed E-state index contributed by atoms with van der Waals surface area (Å²) in [6, 6.07) is 89.8. The van der Waals surface area contributed by atoms with Crippen molar-refractivity contribution in [2.45, 2.75) is 0 Å². The van der Waals surface area contributed by atoms with Crippen molar-refractivity contribution in [2.24, 2.45) is 0 Å². The van der Waals surface area contributed by atoms with Crippen molar-refractivity contribution in [1.29, 1.82) is 5.26 Å². The Kier molecular flexibility index (Phi) is 16.2. The monoisotopic (exact) mass is 1550 g/mol. The second-order valence-corrected chi connectivity index (χ2v) is 29.4. The summed E-state index contributed by atoms with van der Waals surface area (Å²) in [6.45, 7) is 7.64. The maximum Gasteiger partial charge on any atom is 0.187 e. The average molecular weight is 1550 g/mol. The van der Waals surface area contributed by atoms with Gasteiger partial charge in [0.25, 0.3) is 0 Å². The molecule has 22 aromatic rings. The second-order valence-electron chi connectivity index (χ2n) is 29.4. The Bertz CT molecular complexity index is 7470. The predicted molar refractivity (Wildman–Crippen MR) is 453 cm³/mol. The van der Waals surface area contributed by atoms with E-state index in [1.54, 1.807) is 97.1 Å². The molecule has 4 heterocycles. The van der Waals surface area contributed by atoms with E-state index in [0.717, 1.165) is 110 Å². The molecule has 0 aliphatic heterocycles. The summed E-state index contributed by atoms with van der Waals surface area (Å²) in [4.78, 5) is 3.64. The molecule has 22 rings (SSSR count). The van der Waals surface area contributed by atoms with Crippen LogP contribution in [0, 0.1) is 76.1 Å². The minimum atomic E-state index is -0.442. The summed E-state index contributed by atoms with van der Waals surface area (Å²) in [5, 5.41) is 21.0. The normalized spacial score (nSPS) is 11.8. The highest BCUT2D eigenvalue weighted by atomic mass is 19.2. The van der Waals surface area contributed by atoms with Gasteiger partial charge in [0.1, 0.15) is 58.2 Å². The van der Waals surface area contributed by atoms with Crippen molar-refractivity contribution in [2.75, 3.05) is 0 Å².